The van der Waals surface area contributed by atoms with Crippen molar-refractivity contribution in [1.82, 2.24) is 4.57 Å². The van der Waals surface area contributed by atoms with E-state index in [-0.39, 0.29) is 11.0 Å². The van der Waals surface area contributed by atoms with E-state index in [4.69, 9.17) is 0 Å². The second-order valence-electron chi connectivity index (χ2n) is 11.3. The van der Waals surface area contributed by atoms with E-state index in [0.29, 0.717) is 6.71 Å². The van der Waals surface area contributed by atoms with Crippen molar-refractivity contribution in [2.24, 2.45) is 0 Å². The SMILES string of the molecule is Cc1c(C)n2c3c(cccc13)B1c3cccc4c3N(c3cccc-2c31)C1(C)CCCCC41C. The number of benzene rings is 3. The molecule has 0 radical (unpaired) electrons. The molecule has 0 spiro atoms. The average molecular weight is 428 g/mol. The molecule has 1 aliphatic carbocycles. The Hall–Kier alpha value is -2.94. The smallest absolute Gasteiger partial charge is 0.252 e. The Bertz CT molecular complexity index is 1540. The Morgan fingerprint density at radius 1 is 0.818 bits per heavy atom. The first-order chi connectivity index (χ1) is 16.0. The van der Waals surface area contributed by atoms with Crippen LogP contribution < -0.4 is 21.3 Å². The zero-order chi connectivity index (χ0) is 22.3. The van der Waals surface area contributed by atoms with E-state index < -0.39 is 0 Å². The van der Waals surface area contributed by atoms with Gasteiger partial charge < -0.3 is 9.47 Å². The molecule has 0 saturated heterocycles. The molecule has 2 atom stereocenters. The lowest BCUT2D eigenvalue weighted by atomic mass is 9.33. The molecule has 4 heterocycles. The Labute approximate surface area is 196 Å². The van der Waals surface area contributed by atoms with Gasteiger partial charge in [-0.2, -0.15) is 0 Å². The highest BCUT2D eigenvalue weighted by Crippen LogP contribution is 2.61. The van der Waals surface area contributed by atoms with Gasteiger partial charge in [0, 0.05) is 39.1 Å². The Balaban J connectivity index is 1.57. The lowest BCUT2D eigenvalue weighted by Gasteiger charge is -2.52. The maximum Gasteiger partial charge on any atom is 0.252 e. The topological polar surface area (TPSA) is 8.17 Å². The first-order valence-corrected chi connectivity index (χ1v) is 12.6. The number of rotatable bonds is 0. The van der Waals surface area contributed by atoms with Crippen LogP contribution in [0.15, 0.2) is 54.6 Å². The normalized spacial score (nSPS) is 25.8. The largest absolute Gasteiger partial charge is 0.335 e. The summed E-state index contributed by atoms with van der Waals surface area (Å²) in [5.74, 6) is 0. The third-order valence-corrected chi connectivity index (χ3v) is 10.2. The molecule has 3 aromatic carbocycles. The molecule has 0 amide bonds. The molecule has 1 saturated carbocycles. The first-order valence-electron chi connectivity index (χ1n) is 12.6. The molecule has 3 heteroatoms. The van der Waals surface area contributed by atoms with Gasteiger partial charge in [-0.05, 0) is 73.3 Å². The molecule has 3 aliphatic heterocycles. The van der Waals surface area contributed by atoms with Crippen LogP contribution in [0.5, 0.6) is 0 Å². The molecule has 1 fully saturated rings. The number of anilines is 2. The summed E-state index contributed by atoms with van der Waals surface area (Å²) in [6, 6.07) is 21.3. The molecule has 162 valence electrons. The van der Waals surface area contributed by atoms with Crippen molar-refractivity contribution in [3.63, 3.8) is 0 Å². The van der Waals surface area contributed by atoms with Gasteiger partial charge >= 0.3 is 0 Å². The van der Waals surface area contributed by atoms with Crippen LogP contribution in [0.2, 0.25) is 0 Å². The van der Waals surface area contributed by atoms with Crippen LogP contribution in [-0.2, 0) is 5.41 Å². The van der Waals surface area contributed by atoms with E-state index in [1.807, 2.05) is 0 Å². The molecule has 4 aliphatic rings. The van der Waals surface area contributed by atoms with Crippen molar-refractivity contribution < 1.29 is 0 Å². The van der Waals surface area contributed by atoms with Crippen LogP contribution in [0, 0.1) is 13.8 Å². The van der Waals surface area contributed by atoms with Crippen LogP contribution in [0.4, 0.5) is 11.4 Å². The fourth-order valence-electron chi connectivity index (χ4n) is 8.28. The summed E-state index contributed by atoms with van der Waals surface area (Å²) in [4.78, 5) is 2.79. The van der Waals surface area contributed by atoms with Crippen LogP contribution in [0.25, 0.3) is 16.6 Å². The minimum atomic E-state index is 0.123. The van der Waals surface area contributed by atoms with Gasteiger partial charge in [-0.15, -0.1) is 0 Å². The quantitative estimate of drug-likeness (QED) is 0.311. The minimum Gasteiger partial charge on any atom is -0.335 e. The number of nitrogens with zero attached hydrogens (tertiary/aromatic N) is 2. The van der Waals surface area contributed by atoms with Gasteiger partial charge in [0.15, 0.2) is 0 Å². The lowest BCUT2D eigenvalue weighted by molar-refractivity contribution is 0.195. The lowest BCUT2D eigenvalue weighted by Crippen LogP contribution is -2.64. The molecule has 2 unspecified atom stereocenters. The van der Waals surface area contributed by atoms with Crippen LogP contribution in [0.3, 0.4) is 0 Å². The summed E-state index contributed by atoms with van der Waals surface area (Å²) in [7, 11) is 0. The molecular weight excluding hydrogens is 399 g/mol. The maximum absolute atomic E-state index is 2.79. The summed E-state index contributed by atoms with van der Waals surface area (Å²) < 4.78 is 2.56. The van der Waals surface area contributed by atoms with Gasteiger partial charge in [0.2, 0.25) is 0 Å². The highest BCUT2D eigenvalue weighted by Gasteiger charge is 2.60. The van der Waals surface area contributed by atoms with Crippen molar-refractivity contribution in [2.45, 2.75) is 64.3 Å². The molecule has 33 heavy (non-hydrogen) atoms. The van der Waals surface area contributed by atoms with Crippen molar-refractivity contribution >= 4 is 45.4 Å². The second-order valence-corrected chi connectivity index (χ2v) is 11.3. The number of aryl methyl sites for hydroxylation is 1. The molecular formula is C30H29BN2. The van der Waals surface area contributed by atoms with Gasteiger partial charge in [0.05, 0.1) is 5.54 Å². The first kappa shape index (κ1) is 18.5. The van der Waals surface area contributed by atoms with Crippen molar-refractivity contribution in [2.75, 3.05) is 4.90 Å². The third-order valence-electron chi connectivity index (χ3n) is 10.2. The van der Waals surface area contributed by atoms with Gasteiger partial charge in [-0.25, -0.2) is 0 Å². The molecule has 2 nitrogen and oxygen atoms in total. The maximum atomic E-state index is 2.79. The Kier molecular flexibility index (Phi) is 3.12. The Morgan fingerprint density at radius 2 is 1.55 bits per heavy atom. The fraction of sp³-hybridized carbons (Fsp3) is 0.333. The fourth-order valence-corrected chi connectivity index (χ4v) is 8.28. The molecule has 4 aromatic rings. The monoisotopic (exact) mass is 428 g/mol. The van der Waals surface area contributed by atoms with Crippen LogP contribution in [0.1, 0.15) is 56.4 Å². The van der Waals surface area contributed by atoms with Gasteiger partial charge in [-0.3, -0.25) is 0 Å². The van der Waals surface area contributed by atoms with Crippen LogP contribution in [-0.4, -0.2) is 16.8 Å². The highest BCUT2D eigenvalue weighted by molar-refractivity contribution is 7.00. The zero-order valence-corrected chi connectivity index (χ0v) is 20.0. The molecule has 8 rings (SSSR count). The van der Waals surface area contributed by atoms with E-state index >= 15 is 0 Å². The number of hydrogen-bond donors (Lipinski definition) is 0. The number of fused-ring (bicyclic) bond motifs is 7. The predicted molar refractivity (Wildman–Crippen MR) is 140 cm³/mol. The average Bonchev–Trinajstić information content (AvgIpc) is 3.21. The van der Waals surface area contributed by atoms with Gasteiger partial charge in [0.1, 0.15) is 0 Å². The van der Waals surface area contributed by atoms with Gasteiger partial charge in [0.25, 0.3) is 6.71 Å². The van der Waals surface area contributed by atoms with E-state index in [9.17, 15) is 0 Å². The van der Waals surface area contributed by atoms with Gasteiger partial charge in [-0.1, -0.05) is 62.2 Å². The standard InChI is InChI=1S/C30H29BN2/c1-18-19(2)32-24-14-9-15-25-26(24)31(22-12-7-10-20(18)27(22)32)23-13-8-11-21-28(23)33(25)30(4)17-6-5-16-29(21,30)3/h7-15H,5-6,16-17H2,1-4H3. The van der Waals surface area contributed by atoms with E-state index in [1.54, 1.807) is 5.56 Å². The van der Waals surface area contributed by atoms with Crippen molar-refractivity contribution in [3.05, 3.63) is 71.4 Å². The second kappa shape index (κ2) is 5.58. The molecule has 0 bridgehead atoms. The summed E-state index contributed by atoms with van der Waals surface area (Å²) in [5, 5.41) is 1.41. The van der Waals surface area contributed by atoms with E-state index in [0.717, 1.165) is 0 Å². The Morgan fingerprint density at radius 3 is 2.42 bits per heavy atom. The highest BCUT2D eigenvalue weighted by atomic mass is 15.3. The van der Waals surface area contributed by atoms with Crippen molar-refractivity contribution in [3.8, 4) is 5.69 Å². The molecule has 0 N–H and O–H groups in total. The summed E-state index contributed by atoms with van der Waals surface area (Å²) in [6.45, 7) is 9.99. The van der Waals surface area contributed by atoms with Crippen LogP contribution >= 0.6 is 0 Å². The number of hydrogen-bond acceptors (Lipinski definition) is 1. The minimum absolute atomic E-state index is 0.123. The summed E-state index contributed by atoms with van der Waals surface area (Å²) >= 11 is 0. The third kappa shape index (κ3) is 1.79. The number of para-hydroxylation sites is 2. The summed E-state index contributed by atoms with van der Waals surface area (Å²) in [5.41, 5.74) is 14.9. The summed E-state index contributed by atoms with van der Waals surface area (Å²) in [6.07, 6.45) is 5.20. The van der Waals surface area contributed by atoms with E-state index in [2.05, 4.69) is 91.8 Å². The molecule has 1 aromatic heterocycles. The van der Waals surface area contributed by atoms with Crippen molar-refractivity contribution in [1.29, 1.82) is 0 Å². The predicted octanol–water partition coefficient (Wildman–Crippen LogP) is 5.13. The van der Waals surface area contributed by atoms with E-state index in [1.165, 1.54) is 81.3 Å². The number of aromatic nitrogens is 1. The zero-order valence-electron chi connectivity index (χ0n) is 20.0.